The fourth-order valence-corrected chi connectivity index (χ4v) is 2.26. The summed E-state index contributed by atoms with van der Waals surface area (Å²) in [4.78, 5) is 0. The molecule has 0 aliphatic heterocycles. The van der Waals surface area contributed by atoms with E-state index < -0.39 is 0 Å². The van der Waals surface area contributed by atoms with Gasteiger partial charge in [0.05, 0.1) is 12.2 Å². The van der Waals surface area contributed by atoms with Crippen LogP contribution in [0.4, 0.5) is 0 Å². The highest BCUT2D eigenvalue weighted by Crippen LogP contribution is 2.34. The summed E-state index contributed by atoms with van der Waals surface area (Å²) in [5.74, 6) is 1.34. The third-order valence-corrected chi connectivity index (χ3v) is 3.15. The van der Waals surface area contributed by atoms with Gasteiger partial charge in [0.1, 0.15) is 5.76 Å². The summed E-state index contributed by atoms with van der Waals surface area (Å²) in [5.41, 5.74) is 2.01. The summed E-state index contributed by atoms with van der Waals surface area (Å²) in [6.07, 6.45) is 0. The van der Waals surface area contributed by atoms with Crippen LogP contribution < -0.4 is 4.74 Å². The largest absolute Gasteiger partial charge is 0.475 e. The first kappa shape index (κ1) is 11.8. The highest BCUT2D eigenvalue weighted by Gasteiger charge is 2.16. The van der Waals surface area contributed by atoms with Gasteiger partial charge < -0.3 is 9.26 Å². The van der Waals surface area contributed by atoms with Crippen molar-refractivity contribution in [2.24, 2.45) is 0 Å². The molecule has 0 unspecified atom stereocenters. The number of ether oxygens (including phenoxy) is 1. The van der Waals surface area contributed by atoms with Crippen molar-refractivity contribution in [1.82, 2.24) is 5.16 Å². The zero-order chi connectivity index (χ0) is 13.2. The molecule has 0 aliphatic carbocycles. The minimum atomic E-state index is 0.565. The molecule has 0 N–H and O–H groups in total. The van der Waals surface area contributed by atoms with Gasteiger partial charge in [0.2, 0.25) is 0 Å². The van der Waals surface area contributed by atoms with Gasteiger partial charge in [-0.05, 0) is 41.4 Å². The van der Waals surface area contributed by atoms with E-state index in [1.807, 2.05) is 26.0 Å². The van der Waals surface area contributed by atoms with E-state index in [0.717, 1.165) is 16.9 Å². The zero-order valence-electron chi connectivity index (χ0n) is 11.0. The molecule has 0 spiro atoms. The van der Waals surface area contributed by atoms with Gasteiger partial charge in [0, 0.05) is 0 Å². The number of aryl methyl sites for hydroxylation is 1. The Morgan fingerprint density at radius 2 is 1.89 bits per heavy atom. The maximum absolute atomic E-state index is 5.52. The van der Waals surface area contributed by atoms with Crippen LogP contribution >= 0.6 is 0 Å². The van der Waals surface area contributed by atoms with Crippen LogP contribution in [0, 0.1) is 6.92 Å². The Balaban J connectivity index is 2.16. The Hall–Kier alpha value is -2.29. The van der Waals surface area contributed by atoms with Crippen LogP contribution in [0.2, 0.25) is 0 Å². The Morgan fingerprint density at radius 3 is 2.68 bits per heavy atom. The SMILES string of the molecule is CCOc1noc(C)c1-c1ccc2ccccc2c1. The van der Waals surface area contributed by atoms with Crippen molar-refractivity contribution in [2.75, 3.05) is 6.61 Å². The molecular formula is C16H15NO2. The fraction of sp³-hybridized carbons (Fsp3) is 0.188. The maximum atomic E-state index is 5.52. The lowest BCUT2D eigenvalue weighted by atomic mass is 10.0. The van der Waals surface area contributed by atoms with Gasteiger partial charge in [-0.25, -0.2) is 0 Å². The summed E-state index contributed by atoms with van der Waals surface area (Å²) in [7, 11) is 0. The van der Waals surface area contributed by atoms with E-state index in [1.165, 1.54) is 10.8 Å². The summed E-state index contributed by atoms with van der Waals surface area (Å²) >= 11 is 0. The summed E-state index contributed by atoms with van der Waals surface area (Å²) in [6.45, 7) is 4.42. The summed E-state index contributed by atoms with van der Waals surface area (Å²) in [5, 5.41) is 6.38. The van der Waals surface area contributed by atoms with Gasteiger partial charge in [-0.1, -0.05) is 36.4 Å². The highest BCUT2D eigenvalue weighted by molar-refractivity contribution is 5.88. The quantitative estimate of drug-likeness (QED) is 0.701. The van der Waals surface area contributed by atoms with Crippen LogP contribution in [0.15, 0.2) is 47.0 Å². The minimum Gasteiger partial charge on any atom is -0.475 e. The zero-order valence-corrected chi connectivity index (χ0v) is 11.0. The molecular weight excluding hydrogens is 238 g/mol. The smallest absolute Gasteiger partial charge is 0.262 e. The van der Waals surface area contributed by atoms with Crippen molar-refractivity contribution in [3.05, 3.63) is 48.2 Å². The molecule has 1 heterocycles. The maximum Gasteiger partial charge on any atom is 0.262 e. The van der Waals surface area contributed by atoms with Gasteiger partial charge in [0.25, 0.3) is 5.88 Å². The van der Waals surface area contributed by atoms with Crippen LogP contribution in [-0.2, 0) is 0 Å². The van der Waals surface area contributed by atoms with Crippen molar-refractivity contribution < 1.29 is 9.26 Å². The molecule has 0 radical (unpaired) electrons. The standard InChI is InChI=1S/C16H15NO2/c1-3-18-16-15(11(2)19-17-16)14-9-8-12-6-4-5-7-13(12)10-14/h4-10H,3H2,1-2H3. The fourth-order valence-electron chi connectivity index (χ4n) is 2.26. The van der Waals surface area contributed by atoms with Crippen LogP contribution in [0.1, 0.15) is 12.7 Å². The van der Waals surface area contributed by atoms with Gasteiger partial charge >= 0.3 is 0 Å². The lowest BCUT2D eigenvalue weighted by Crippen LogP contribution is -1.93. The summed E-state index contributed by atoms with van der Waals surface area (Å²) in [6, 6.07) is 14.6. The molecule has 0 atom stereocenters. The van der Waals surface area contributed by atoms with Crippen LogP contribution in [0.5, 0.6) is 5.88 Å². The lowest BCUT2D eigenvalue weighted by molar-refractivity contribution is 0.292. The molecule has 0 aliphatic rings. The van der Waals surface area contributed by atoms with Crippen molar-refractivity contribution in [3.8, 4) is 17.0 Å². The summed E-state index contributed by atoms with van der Waals surface area (Å²) < 4.78 is 10.8. The van der Waals surface area contributed by atoms with E-state index in [1.54, 1.807) is 0 Å². The Morgan fingerprint density at radius 1 is 1.11 bits per heavy atom. The highest BCUT2D eigenvalue weighted by atomic mass is 16.5. The molecule has 0 amide bonds. The van der Waals surface area contributed by atoms with E-state index in [2.05, 4.69) is 35.5 Å². The molecule has 0 fully saturated rings. The molecule has 3 nitrogen and oxygen atoms in total. The number of hydrogen-bond donors (Lipinski definition) is 0. The van der Waals surface area contributed by atoms with Crippen LogP contribution in [-0.4, -0.2) is 11.8 Å². The number of nitrogens with zero attached hydrogens (tertiary/aromatic N) is 1. The van der Waals surface area contributed by atoms with E-state index in [-0.39, 0.29) is 0 Å². The molecule has 0 saturated carbocycles. The predicted octanol–water partition coefficient (Wildman–Crippen LogP) is 4.20. The number of fused-ring (bicyclic) bond motifs is 1. The number of benzene rings is 2. The van der Waals surface area contributed by atoms with Crippen molar-refractivity contribution >= 4 is 10.8 Å². The van der Waals surface area contributed by atoms with Gasteiger partial charge in [-0.3, -0.25) is 0 Å². The molecule has 2 aromatic carbocycles. The second kappa shape index (κ2) is 4.76. The van der Waals surface area contributed by atoms with Gasteiger partial charge in [0.15, 0.2) is 0 Å². The Bertz CT molecular complexity index is 716. The minimum absolute atomic E-state index is 0.565. The van der Waals surface area contributed by atoms with E-state index >= 15 is 0 Å². The molecule has 19 heavy (non-hydrogen) atoms. The first-order valence-corrected chi connectivity index (χ1v) is 6.38. The first-order chi connectivity index (χ1) is 9.29. The third-order valence-electron chi connectivity index (χ3n) is 3.15. The molecule has 3 rings (SSSR count). The molecule has 96 valence electrons. The monoisotopic (exact) mass is 253 g/mol. The Kier molecular flexibility index (Phi) is 2.95. The van der Waals surface area contributed by atoms with Crippen molar-refractivity contribution in [1.29, 1.82) is 0 Å². The average molecular weight is 253 g/mol. The molecule has 3 heteroatoms. The number of hydrogen-bond acceptors (Lipinski definition) is 3. The molecule has 1 aromatic heterocycles. The second-order valence-corrected chi connectivity index (χ2v) is 4.41. The predicted molar refractivity (Wildman–Crippen MR) is 75.4 cm³/mol. The first-order valence-electron chi connectivity index (χ1n) is 6.38. The van der Waals surface area contributed by atoms with E-state index in [9.17, 15) is 0 Å². The number of aromatic nitrogens is 1. The van der Waals surface area contributed by atoms with Crippen molar-refractivity contribution in [2.45, 2.75) is 13.8 Å². The van der Waals surface area contributed by atoms with Gasteiger partial charge in [-0.2, -0.15) is 0 Å². The second-order valence-electron chi connectivity index (χ2n) is 4.41. The van der Waals surface area contributed by atoms with E-state index in [0.29, 0.717) is 12.5 Å². The third kappa shape index (κ3) is 2.08. The molecule has 3 aromatic rings. The average Bonchev–Trinajstić information content (AvgIpc) is 2.80. The van der Waals surface area contributed by atoms with Crippen molar-refractivity contribution in [3.63, 3.8) is 0 Å². The van der Waals surface area contributed by atoms with E-state index in [4.69, 9.17) is 9.26 Å². The topological polar surface area (TPSA) is 35.3 Å². The molecule has 0 bridgehead atoms. The van der Waals surface area contributed by atoms with Gasteiger partial charge in [-0.15, -0.1) is 0 Å². The van der Waals surface area contributed by atoms with Crippen LogP contribution in [0.25, 0.3) is 21.9 Å². The number of rotatable bonds is 3. The van der Waals surface area contributed by atoms with Crippen LogP contribution in [0.3, 0.4) is 0 Å². The normalized spacial score (nSPS) is 10.8. The Labute approximate surface area is 111 Å². The molecule has 0 saturated heterocycles. The lowest BCUT2D eigenvalue weighted by Gasteiger charge is -2.05.